The average Bonchev–Trinajstić information content (AvgIpc) is 2.91. The van der Waals surface area contributed by atoms with Crippen LogP contribution in [0.2, 0.25) is 10.0 Å². The van der Waals surface area contributed by atoms with Gasteiger partial charge >= 0.3 is 0 Å². The average molecular weight is 332 g/mol. The van der Waals surface area contributed by atoms with Gasteiger partial charge in [-0.3, -0.25) is 0 Å². The summed E-state index contributed by atoms with van der Waals surface area (Å²) in [4.78, 5) is 7.22. The Bertz CT molecular complexity index is 938. The number of hydrogen-bond donors (Lipinski definition) is 1. The summed E-state index contributed by atoms with van der Waals surface area (Å²) in [7, 11) is 0. The second kappa shape index (κ2) is 5.80. The Hall–Kier alpha value is -2.35. The number of nitriles is 1. The van der Waals surface area contributed by atoms with Gasteiger partial charge in [0, 0.05) is 0 Å². The quantitative estimate of drug-likeness (QED) is 0.666. The van der Waals surface area contributed by atoms with Gasteiger partial charge < -0.3 is 4.98 Å². The van der Waals surface area contributed by atoms with E-state index in [0.717, 1.165) is 5.56 Å². The van der Waals surface area contributed by atoms with Crippen LogP contribution in [0.4, 0.5) is 4.39 Å². The Balaban J connectivity index is 2.07. The highest BCUT2D eigenvalue weighted by Gasteiger charge is 2.09. The molecule has 0 saturated carbocycles. The van der Waals surface area contributed by atoms with E-state index in [1.165, 1.54) is 12.1 Å². The summed E-state index contributed by atoms with van der Waals surface area (Å²) >= 11 is 11.8. The topological polar surface area (TPSA) is 52.5 Å². The number of benzene rings is 2. The number of rotatable bonds is 2. The highest BCUT2D eigenvalue weighted by Crippen LogP contribution is 2.25. The summed E-state index contributed by atoms with van der Waals surface area (Å²) in [6.45, 7) is 0. The summed E-state index contributed by atoms with van der Waals surface area (Å²) in [6.07, 6.45) is 1.64. The number of H-pyrrole nitrogens is 1. The second-order valence-electron chi connectivity index (χ2n) is 4.59. The molecular formula is C16H8Cl2FN3. The first-order valence-electron chi connectivity index (χ1n) is 6.29. The highest BCUT2D eigenvalue weighted by molar-refractivity contribution is 6.42. The lowest BCUT2D eigenvalue weighted by Crippen LogP contribution is -1.85. The van der Waals surface area contributed by atoms with Crippen molar-refractivity contribution in [1.29, 1.82) is 5.26 Å². The fourth-order valence-corrected chi connectivity index (χ4v) is 2.34. The summed E-state index contributed by atoms with van der Waals surface area (Å²) < 4.78 is 13.2. The SMILES string of the molecule is N#C/C(=C/c1ccc(Cl)c(Cl)c1)c1nc2ccc(F)cc2[nH]1. The molecule has 6 heteroatoms. The zero-order chi connectivity index (χ0) is 15.7. The lowest BCUT2D eigenvalue weighted by atomic mass is 10.1. The molecule has 0 amide bonds. The minimum atomic E-state index is -0.366. The third kappa shape index (κ3) is 2.82. The number of nitrogens with one attached hydrogen (secondary N) is 1. The van der Waals surface area contributed by atoms with Crippen molar-refractivity contribution in [3.05, 3.63) is 63.6 Å². The summed E-state index contributed by atoms with van der Waals surface area (Å²) in [5, 5.41) is 10.2. The smallest absolute Gasteiger partial charge is 0.149 e. The van der Waals surface area contributed by atoms with Crippen molar-refractivity contribution in [1.82, 2.24) is 9.97 Å². The Morgan fingerprint density at radius 3 is 2.73 bits per heavy atom. The number of aromatic nitrogens is 2. The maximum atomic E-state index is 13.2. The molecule has 1 N–H and O–H groups in total. The minimum Gasteiger partial charge on any atom is -0.337 e. The second-order valence-corrected chi connectivity index (χ2v) is 5.40. The molecular weight excluding hydrogens is 324 g/mol. The van der Waals surface area contributed by atoms with E-state index in [2.05, 4.69) is 16.0 Å². The first-order chi connectivity index (χ1) is 10.6. The Morgan fingerprint density at radius 1 is 1.18 bits per heavy atom. The van der Waals surface area contributed by atoms with E-state index in [9.17, 15) is 9.65 Å². The number of allylic oxidation sites excluding steroid dienone is 1. The molecule has 0 bridgehead atoms. The summed E-state index contributed by atoms with van der Waals surface area (Å²) in [5.74, 6) is 0.00356. The van der Waals surface area contributed by atoms with Gasteiger partial charge in [-0.1, -0.05) is 29.3 Å². The normalized spacial score (nSPS) is 11.6. The van der Waals surface area contributed by atoms with Crippen LogP contribution >= 0.6 is 23.2 Å². The van der Waals surface area contributed by atoms with E-state index in [1.54, 1.807) is 30.3 Å². The Morgan fingerprint density at radius 2 is 2.00 bits per heavy atom. The predicted octanol–water partition coefficient (Wildman–Crippen LogP) is 5.07. The van der Waals surface area contributed by atoms with Crippen LogP contribution in [0.25, 0.3) is 22.7 Å². The molecule has 0 aliphatic heterocycles. The molecule has 0 radical (unpaired) electrons. The van der Waals surface area contributed by atoms with E-state index in [0.29, 0.717) is 32.5 Å². The van der Waals surface area contributed by atoms with Crippen molar-refractivity contribution in [2.45, 2.75) is 0 Å². The first-order valence-corrected chi connectivity index (χ1v) is 7.05. The maximum Gasteiger partial charge on any atom is 0.149 e. The van der Waals surface area contributed by atoms with Gasteiger partial charge in [0.25, 0.3) is 0 Å². The molecule has 0 atom stereocenters. The molecule has 0 saturated heterocycles. The van der Waals surface area contributed by atoms with Crippen molar-refractivity contribution in [3.8, 4) is 6.07 Å². The van der Waals surface area contributed by atoms with Gasteiger partial charge in [-0.05, 0) is 42.0 Å². The number of aromatic amines is 1. The van der Waals surface area contributed by atoms with Gasteiger partial charge in [0.1, 0.15) is 17.7 Å². The molecule has 3 aromatic rings. The van der Waals surface area contributed by atoms with Crippen LogP contribution < -0.4 is 0 Å². The molecule has 1 heterocycles. The van der Waals surface area contributed by atoms with Gasteiger partial charge in [-0.15, -0.1) is 0 Å². The molecule has 2 aromatic carbocycles. The van der Waals surface area contributed by atoms with Gasteiger partial charge in [0.2, 0.25) is 0 Å². The summed E-state index contributed by atoms with van der Waals surface area (Å²) in [5.41, 5.74) is 2.16. The zero-order valence-electron chi connectivity index (χ0n) is 11.1. The van der Waals surface area contributed by atoms with E-state index < -0.39 is 0 Å². The van der Waals surface area contributed by atoms with Crippen molar-refractivity contribution in [2.75, 3.05) is 0 Å². The Labute approximate surface area is 135 Å². The minimum absolute atomic E-state index is 0.315. The van der Waals surface area contributed by atoms with Crippen LogP contribution in [0.5, 0.6) is 0 Å². The molecule has 0 aliphatic carbocycles. The van der Waals surface area contributed by atoms with Crippen molar-refractivity contribution >= 4 is 45.9 Å². The van der Waals surface area contributed by atoms with E-state index >= 15 is 0 Å². The largest absolute Gasteiger partial charge is 0.337 e. The van der Waals surface area contributed by atoms with Crippen LogP contribution in [-0.2, 0) is 0 Å². The molecule has 0 fully saturated rings. The number of fused-ring (bicyclic) bond motifs is 1. The van der Waals surface area contributed by atoms with Gasteiger partial charge in [0.15, 0.2) is 0 Å². The van der Waals surface area contributed by atoms with E-state index in [-0.39, 0.29) is 5.82 Å². The number of imidazole rings is 1. The molecule has 108 valence electrons. The lowest BCUT2D eigenvalue weighted by molar-refractivity contribution is 0.629. The molecule has 0 unspecified atom stereocenters. The van der Waals surface area contributed by atoms with Crippen LogP contribution in [-0.4, -0.2) is 9.97 Å². The zero-order valence-corrected chi connectivity index (χ0v) is 12.6. The van der Waals surface area contributed by atoms with E-state index in [4.69, 9.17) is 23.2 Å². The number of nitrogens with zero attached hydrogens (tertiary/aromatic N) is 2. The predicted molar refractivity (Wildman–Crippen MR) is 86.0 cm³/mol. The summed E-state index contributed by atoms with van der Waals surface area (Å²) in [6, 6.07) is 11.3. The van der Waals surface area contributed by atoms with Gasteiger partial charge in [0.05, 0.1) is 26.7 Å². The van der Waals surface area contributed by atoms with Crippen molar-refractivity contribution in [3.63, 3.8) is 0 Å². The Kier molecular flexibility index (Phi) is 3.84. The lowest BCUT2D eigenvalue weighted by Gasteiger charge is -1.99. The van der Waals surface area contributed by atoms with E-state index in [1.807, 2.05) is 0 Å². The third-order valence-corrected chi connectivity index (χ3v) is 3.81. The fourth-order valence-electron chi connectivity index (χ4n) is 2.03. The molecule has 0 aliphatic rings. The van der Waals surface area contributed by atoms with Crippen LogP contribution in [0.1, 0.15) is 11.4 Å². The molecule has 3 rings (SSSR count). The highest BCUT2D eigenvalue weighted by atomic mass is 35.5. The van der Waals surface area contributed by atoms with Gasteiger partial charge in [-0.2, -0.15) is 5.26 Å². The number of hydrogen-bond acceptors (Lipinski definition) is 2. The standard InChI is InChI=1S/C16H8Cl2FN3/c17-12-3-1-9(6-13(12)18)5-10(8-20)16-21-14-4-2-11(19)7-15(14)22-16/h1-7H,(H,21,22)/b10-5-. The number of halogens is 3. The fraction of sp³-hybridized carbons (Fsp3) is 0. The molecule has 3 nitrogen and oxygen atoms in total. The van der Waals surface area contributed by atoms with Crippen LogP contribution in [0, 0.1) is 17.1 Å². The molecule has 0 spiro atoms. The van der Waals surface area contributed by atoms with Crippen molar-refractivity contribution < 1.29 is 4.39 Å². The van der Waals surface area contributed by atoms with Gasteiger partial charge in [-0.25, -0.2) is 9.37 Å². The van der Waals surface area contributed by atoms with Crippen molar-refractivity contribution in [2.24, 2.45) is 0 Å². The van der Waals surface area contributed by atoms with Crippen LogP contribution in [0.3, 0.4) is 0 Å². The first kappa shape index (κ1) is 14.6. The third-order valence-electron chi connectivity index (χ3n) is 3.07. The molecule has 22 heavy (non-hydrogen) atoms. The van der Waals surface area contributed by atoms with Crippen LogP contribution in [0.15, 0.2) is 36.4 Å². The molecule has 1 aromatic heterocycles. The monoisotopic (exact) mass is 331 g/mol. The maximum absolute atomic E-state index is 13.2.